The maximum atomic E-state index is 12.1. The molecule has 2 atom stereocenters. The van der Waals surface area contributed by atoms with Gasteiger partial charge in [0.2, 0.25) is 0 Å². The fourth-order valence-corrected chi connectivity index (χ4v) is 3.11. The number of nitrogens with zero attached hydrogens (tertiary/aromatic N) is 4. The van der Waals surface area contributed by atoms with Crippen LogP contribution in [0.15, 0.2) is 18.6 Å². The van der Waals surface area contributed by atoms with E-state index in [1.54, 1.807) is 18.6 Å². The van der Waals surface area contributed by atoms with E-state index in [-0.39, 0.29) is 6.09 Å². The number of amides is 1. The van der Waals surface area contributed by atoms with Gasteiger partial charge in [-0.25, -0.2) is 9.78 Å². The predicted octanol–water partition coefficient (Wildman–Crippen LogP) is 1.78. The zero-order valence-corrected chi connectivity index (χ0v) is 12.8. The Kier molecular flexibility index (Phi) is 3.47. The summed E-state index contributed by atoms with van der Waals surface area (Å²) in [5, 5.41) is 0. The van der Waals surface area contributed by atoms with Crippen LogP contribution in [0.25, 0.3) is 0 Å². The third kappa shape index (κ3) is 3.09. The minimum Gasteiger partial charge on any atom is -0.444 e. The summed E-state index contributed by atoms with van der Waals surface area (Å²) in [5.41, 5.74) is -0.430. The van der Waals surface area contributed by atoms with Crippen molar-refractivity contribution in [1.29, 1.82) is 0 Å². The van der Waals surface area contributed by atoms with Crippen molar-refractivity contribution in [3.8, 4) is 0 Å². The summed E-state index contributed by atoms with van der Waals surface area (Å²) < 4.78 is 5.45. The van der Waals surface area contributed by atoms with Gasteiger partial charge in [0.15, 0.2) is 0 Å². The van der Waals surface area contributed by atoms with E-state index in [1.165, 1.54) is 0 Å². The van der Waals surface area contributed by atoms with E-state index >= 15 is 0 Å². The molecule has 1 amide bonds. The largest absolute Gasteiger partial charge is 0.444 e. The zero-order valence-electron chi connectivity index (χ0n) is 12.8. The molecule has 0 aromatic carbocycles. The average molecular weight is 290 g/mol. The van der Waals surface area contributed by atoms with Gasteiger partial charge in [-0.15, -0.1) is 0 Å². The normalized spacial score (nSPS) is 25.1. The fourth-order valence-electron chi connectivity index (χ4n) is 3.11. The Morgan fingerprint density at radius 1 is 1.19 bits per heavy atom. The third-order valence-electron chi connectivity index (χ3n) is 4.01. The second kappa shape index (κ2) is 5.16. The Labute approximate surface area is 125 Å². The minimum absolute atomic E-state index is 0.192. The number of anilines is 1. The first kappa shape index (κ1) is 14.1. The molecule has 0 radical (unpaired) electrons. The first-order valence-corrected chi connectivity index (χ1v) is 7.41. The molecule has 0 bridgehead atoms. The van der Waals surface area contributed by atoms with Gasteiger partial charge in [-0.05, 0) is 20.8 Å². The molecular weight excluding hydrogens is 268 g/mol. The molecule has 1 aromatic rings. The SMILES string of the molecule is CC(C)(C)OC(=O)N1CC2CN(c3cnccn3)CC2C1. The van der Waals surface area contributed by atoms with Gasteiger partial charge < -0.3 is 14.5 Å². The lowest BCUT2D eigenvalue weighted by atomic mass is 10.0. The molecule has 3 heterocycles. The number of likely N-dealkylation sites (tertiary alicyclic amines) is 1. The van der Waals surface area contributed by atoms with E-state index in [4.69, 9.17) is 4.74 Å². The summed E-state index contributed by atoms with van der Waals surface area (Å²) >= 11 is 0. The summed E-state index contributed by atoms with van der Waals surface area (Å²) in [6.45, 7) is 9.12. The second-order valence-electron chi connectivity index (χ2n) is 6.87. The molecular formula is C15H22N4O2. The van der Waals surface area contributed by atoms with Crippen molar-refractivity contribution in [3.63, 3.8) is 0 Å². The Balaban J connectivity index is 1.58. The first-order chi connectivity index (χ1) is 9.92. The highest BCUT2D eigenvalue weighted by Gasteiger charge is 2.43. The van der Waals surface area contributed by atoms with Crippen molar-refractivity contribution in [3.05, 3.63) is 18.6 Å². The van der Waals surface area contributed by atoms with Crippen molar-refractivity contribution >= 4 is 11.9 Å². The van der Waals surface area contributed by atoms with Crippen LogP contribution in [0.1, 0.15) is 20.8 Å². The molecule has 2 aliphatic heterocycles. The maximum absolute atomic E-state index is 12.1. The predicted molar refractivity (Wildman–Crippen MR) is 79.0 cm³/mol. The number of ether oxygens (including phenoxy) is 1. The fraction of sp³-hybridized carbons (Fsp3) is 0.667. The van der Waals surface area contributed by atoms with Crippen molar-refractivity contribution in [1.82, 2.24) is 14.9 Å². The molecule has 6 heteroatoms. The Morgan fingerprint density at radius 2 is 1.86 bits per heavy atom. The highest BCUT2D eigenvalue weighted by molar-refractivity contribution is 5.68. The van der Waals surface area contributed by atoms with Gasteiger partial charge in [-0.2, -0.15) is 0 Å². The van der Waals surface area contributed by atoms with Gasteiger partial charge in [0.25, 0.3) is 0 Å². The lowest BCUT2D eigenvalue weighted by Gasteiger charge is -2.26. The number of carbonyl (C=O) groups is 1. The Bertz CT molecular complexity index is 500. The standard InChI is InChI=1S/C15H22N4O2/c1-15(2,3)21-14(20)19-9-11-7-18(8-12(11)10-19)13-6-16-4-5-17-13/h4-6,11-12H,7-10H2,1-3H3. The van der Waals surface area contributed by atoms with Gasteiger partial charge in [-0.3, -0.25) is 4.98 Å². The molecule has 2 aliphatic rings. The lowest BCUT2D eigenvalue weighted by Crippen LogP contribution is -2.37. The van der Waals surface area contributed by atoms with Gasteiger partial charge >= 0.3 is 6.09 Å². The Hall–Kier alpha value is -1.85. The molecule has 0 saturated carbocycles. The van der Waals surface area contributed by atoms with Crippen molar-refractivity contribution in [2.45, 2.75) is 26.4 Å². The quantitative estimate of drug-likeness (QED) is 0.789. The summed E-state index contributed by atoms with van der Waals surface area (Å²) in [4.78, 5) is 24.7. The van der Waals surface area contributed by atoms with Gasteiger partial charge in [0, 0.05) is 50.4 Å². The van der Waals surface area contributed by atoms with Crippen LogP contribution in [0, 0.1) is 11.8 Å². The lowest BCUT2D eigenvalue weighted by molar-refractivity contribution is 0.0282. The average Bonchev–Trinajstić information content (AvgIpc) is 2.95. The molecule has 114 valence electrons. The zero-order chi connectivity index (χ0) is 15.0. The van der Waals surface area contributed by atoms with Crippen LogP contribution in [0.4, 0.5) is 10.6 Å². The van der Waals surface area contributed by atoms with Crippen LogP contribution in [0.2, 0.25) is 0 Å². The smallest absolute Gasteiger partial charge is 0.410 e. The van der Waals surface area contributed by atoms with Gasteiger partial charge in [0.05, 0.1) is 6.20 Å². The van der Waals surface area contributed by atoms with Crippen molar-refractivity contribution < 1.29 is 9.53 Å². The molecule has 2 saturated heterocycles. The monoisotopic (exact) mass is 290 g/mol. The number of rotatable bonds is 1. The number of hydrogen-bond acceptors (Lipinski definition) is 5. The molecule has 2 fully saturated rings. The van der Waals surface area contributed by atoms with Gasteiger partial charge in [-0.1, -0.05) is 0 Å². The molecule has 3 rings (SSSR count). The van der Waals surface area contributed by atoms with Crippen LogP contribution < -0.4 is 4.90 Å². The van der Waals surface area contributed by atoms with E-state index in [0.717, 1.165) is 32.0 Å². The summed E-state index contributed by atoms with van der Waals surface area (Å²) in [6, 6.07) is 0. The van der Waals surface area contributed by atoms with E-state index < -0.39 is 5.60 Å². The van der Waals surface area contributed by atoms with Crippen LogP contribution in [0.5, 0.6) is 0 Å². The topological polar surface area (TPSA) is 58.6 Å². The number of aromatic nitrogens is 2. The molecule has 0 spiro atoms. The summed E-state index contributed by atoms with van der Waals surface area (Å²) in [6.07, 6.45) is 5.01. The molecule has 2 unspecified atom stereocenters. The van der Waals surface area contributed by atoms with E-state index in [2.05, 4.69) is 14.9 Å². The van der Waals surface area contributed by atoms with E-state index in [9.17, 15) is 4.79 Å². The highest BCUT2D eigenvalue weighted by atomic mass is 16.6. The van der Waals surface area contributed by atoms with Gasteiger partial charge in [0.1, 0.15) is 11.4 Å². The minimum atomic E-state index is -0.430. The highest BCUT2D eigenvalue weighted by Crippen LogP contribution is 2.33. The molecule has 21 heavy (non-hydrogen) atoms. The van der Waals surface area contributed by atoms with E-state index in [0.29, 0.717) is 11.8 Å². The van der Waals surface area contributed by atoms with Crippen molar-refractivity contribution in [2.75, 3.05) is 31.1 Å². The summed E-state index contributed by atoms with van der Waals surface area (Å²) in [7, 11) is 0. The maximum Gasteiger partial charge on any atom is 0.410 e. The third-order valence-corrected chi connectivity index (χ3v) is 4.01. The van der Waals surface area contributed by atoms with Crippen molar-refractivity contribution in [2.24, 2.45) is 11.8 Å². The van der Waals surface area contributed by atoms with E-state index in [1.807, 2.05) is 25.7 Å². The van der Waals surface area contributed by atoms with Crippen LogP contribution in [-0.4, -0.2) is 52.7 Å². The second-order valence-corrected chi connectivity index (χ2v) is 6.87. The number of carbonyl (C=O) groups excluding carboxylic acids is 1. The molecule has 0 aliphatic carbocycles. The molecule has 1 aromatic heterocycles. The Morgan fingerprint density at radius 3 is 2.38 bits per heavy atom. The van der Waals surface area contributed by atoms with Crippen LogP contribution in [0.3, 0.4) is 0 Å². The van der Waals surface area contributed by atoms with Crippen LogP contribution in [-0.2, 0) is 4.74 Å². The molecule has 0 N–H and O–H groups in total. The first-order valence-electron chi connectivity index (χ1n) is 7.41. The molecule has 6 nitrogen and oxygen atoms in total. The number of hydrogen-bond donors (Lipinski definition) is 0. The summed E-state index contributed by atoms with van der Waals surface area (Å²) in [5.74, 6) is 1.93. The number of fused-ring (bicyclic) bond motifs is 1. The van der Waals surface area contributed by atoms with Crippen LogP contribution >= 0.6 is 0 Å².